The third-order valence-corrected chi connectivity index (χ3v) is 2.32. The number of halogens is 2. The Bertz CT molecular complexity index is 462. The van der Waals surface area contributed by atoms with E-state index in [-0.39, 0.29) is 5.56 Å². The van der Waals surface area contributed by atoms with Crippen LogP contribution in [0.2, 0.25) is 5.02 Å². The third-order valence-electron chi connectivity index (χ3n) is 1.72. The van der Waals surface area contributed by atoms with Crippen molar-refractivity contribution in [3.63, 3.8) is 0 Å². The van der Waals surface area contributed by atoms with Crippen LogP contribution >= 0.6 is 23.2 Å². The van der Waals surface area contributed by atoms with Crippen molar-refractivity contribution < 1.29 is 19.8 Å². The van der Waals surface area contributed by atoms with Crippen molar-refractivity contribution in [3.8, 4) is 0 Å². The molecule has 6 heteroatoms. The van der Waals surface area contributed by atoms with Crippen molar-refractivity contribution in [1.82, 2.24) is 0 Å². The standard InChI is InChI=1S/C10H6Cl2O4/c11-6-3-1-5(2-4-6)8(13)7(12)9(14)10(15)16/h1-4,13H,(H,15,16). The SMILES string of the molecule is O=C(O)C(=O)C(Cl)=C(O)c1ccc(Cl)cc1. The Morgan fingerprint density at radius 2 is 1.56 bits per heavy atom. The summed E-state index contributed by atoms with van der Waals surface area (Å²) in [4.78, 5) is 21.3. The Hall–Kier alpha value is -1.52. The molecule has 0 saturated carbocycles. The van der Waals surface area contributed by atoms with E-state index in [1.165, 1.54) is 24.3 Å². The van der Waals surface area contributed by atoms with E-state index in [9.17, 15) is 14.7 Å². The van der Waals surface area contributed by atoms with Gasteiger partial charge in [-0.2, -0.15) is 0 Å². The predicted molar refractivity (Wildman–Crippen MR) is 59.5 cm³/mol. The van der Waals surface area contributed by atoms with E-state index in [0.29, 0.717) is 5.02 Å². The van der Waals surface area contributed by atoms with E-state index >= 15 is 0 Å². The summed E-state index contributed by atoms with van der Waals surface area (Å²) in [5, 5.41) is 17.6. The molecule has 0 aromatic heterocycles. The molecule has 0 atom stereocenters. The van der Waals surface area contributed by atoms with Crippen LogP contribution in [-0.2, 0) is 9.59 Å². The molecule has 0 bridgehead atoms. The topological polar surface area (TPSA) is 74.6 Å². The van der Waals surface area contributed by atoms with E-state index in [1.807, 2.05) is 0 Å². The van der Waals surface area contributed by atoms with Gasteiger partial charge in [-0.1, -0.05) is 23.2 Å². The van der Waals surface area contributed by atoms with Crippen LogP contribution in [-0.4, -0.2) is 22.0 Å². The number of Topliss-reactive ketones (excluding diaryl/α,β-unsaturated/α-hetero) is 1. The predicted octanol–water partition coefficient (Wildman–Crippen LogP) is 2.46. The maximum Gasteiger partial charge on any atom is 0.378 e. The van der Waals surface area contributed by atoms with Gasteiger partial charge in [0, 0.05) is 10.6 Å². The van der Waals surface area contributed by atoms with E-state index in [4.69, 9.17) is 28.3 Å². The number of benzene rings is 1. The minimum atomic E-state index is -1.73. The van der Waals surface area contributed by atoms with Crippen molar-refractivity contribution in [1.29, 1.82) is 0 Å². The summed E-state index contributed by atoms with van der Waals surface area (Å²) in [6.07, 6.45) is 0. The lowest BCUT2D eigenvalue weighted by atomic mass is 10.1. The molecular formula is C10H6Cl2O4. The number of aliphatic hydroxyl groups excluding tert-OH is 1. The highest BCUT2D eigenvalue weighted by Gasteiger charge is 2.20. The molecule has 0 aliphatic heterocycles. The second kappa shape index (κ2) is 5.01. The van der Waals surface area contributed by atoms with Gasteiger partial charge in [-0.05, 0) is 24.3 Å². The number of hydrogen-bond acceptors (Lipinski definition) is 3. The number of ketones is 1. The van der Waals surface area contributed by atoms with Gasteiger partial charge < -0.3 is 10.2 Å². The summed E-state index contributed by atoms with van der Waals surface area (Å²) < 4.78 is 0. The van der Waals surface area contributed by atoms with Gasteiger partial charge in [0.2, 0.25) is 0 Å². The Labute approximate surface area is 101 Å². The van der Waals surface area contributed by atoms with Gasteiger partial charge >= 0.3 is 5.97 Å². The molecule has 0 saturated heterocycles. The maximum atomic E-state index is 10.9. The lowest BCUT2D eigenvalue weighted by Crippen LogP contribution is -2.13. The molecule has 2 N–H and O–H groups in total. The van der Waals surface area contributed by atoms with Crippen LogP contribution in [0.15, 0.2) is 29.3 Å². The van der Waals surface area contributed by atoms with E-state index in [0.717, 1.165) is 0 Å². The lowest BCUT2D eigenvalue weighted by molar-refractivity contribution is -0.146. The number of aliphatic carboxylic acids is 1. The van der Waals surface area contributed by atoms with Gasteiger partial charge in [-0.3, -0.25) is 4.79 Å². The van der Waals surface area contributed by atoms with Crippen molar-refractivity contribution in [3.05, 3.63) is 39.9 Å². The Morgan fingerprint density at radius 1 is 1.06 bits per heavy atom. The average Bonchev–Trinajstić information content (AvgIpc) is 2.27. The summed E-state index contributed by atoms with van der Waals surface area (Å²) in [5.41, 5.74) is 0.212. The quantitative estimate of drug-likeness (QED) is 0.498. The number of carbonyl (C=O) groups excluding carboxylic acids is 1. The number of hydrogen-bond donors (Lipinski definition) is 2. The number of aliphatic hydroxyl groups is 1. The minimum absolute atomic E-state index is 0.212. The largest absolute Gasteiger partial charge is 0.506 e. The fourth-order valence-electron chi connectivity index (χ4n) is 0.936. The smallest absolute Gasteiger partial charge is 0.378 e. The van der Waals surface area contributed by atoms with Gasteiger partial charge in [0.15, 0.2) is 0 Å². The molecule has 0 aliphatic rings. The molecule has 0 unspecified atom stereocenters. The summed E-state index contributed by atoms with van der Waals surface area (Å²) >= 11 is 11.0. The van der Waals surface area contributed by atoms with Gasteiger partial charge in [0.05, 0.1) is 0 Å². The van der Waals surface area contributed by atoms with Gasteiger partial charge in [-0.15, -0.1) is 0 Å². The maximum absolute atomic E-state index is 10.9. The van der Waals surface area contributed by atoms with Gasteiger partial charge in [0.1, 0.15) is 10.8 Å². The summed E-state index contributed by atoms with van der Waals surface area (Å²) in [7, 11) is 0. The van der Waals surface area contributed by atoms with Gasteiger partial charge in [0.25, 0.3) is 5.78 Å². The first-order chi connectivity index (χ1) is 7.43. The number of carboxylic acid groups (broad SMARTS) is 1. The molecule has 1 rings (SSSR count). The number of rotatable bonds is 3. The summed E-state index contributed by atoms with van der Waals surface area (Å²) in [6.45, 7) is 0. The highest BCUT2D eigenvalue weighted by molar-refractivity contribution is 6.57. The van der Waals surface area contributed by atoms with E-state index in [2.05, 4.69) is 0 Å². The molecule has 0 amide bonds. The Balaban J connectivity index is 3.13. The Kier molecular flexibility index (Phi) is 3.93. The summed E-state index contributed by atoms with van der Waals surface area (Å²) in [6, 6.07) is 5.77. The molecule has 1 aromatic carbocycles. The van der Waals surface area contributed by atoms with Crippen LogP contribution in [0.3, 0.4) is 0 Å². The number of carboxylic acids is 1. The zero-order chi connectivity index (χ0) is 12.3. The Morgan fingerprint density at radius 3 is 2.00 bits per heavy atom. The van der Waals surface area contributed by atoms with Crippen molar-refractivity contribution in [2.75, 3.05) is 0 Å². The van der Waals surface area contributed by atoms with E-state index < -0.39 is 22.5 Å². The number of carbonyl (C=O) groups is 2. The molecule has 84 valence electrons. The van der Waals surface area contributed by atoms with Crippen molar-refractivity contribution >= 4 is 40.7 Å². The van der Waals surface area contributed by atoms with Crippen molar-refractivity contribution in [2.24, 2.45) is 0 Å². The highest BCUT2D eigenvalue weighted by atomic mass is 35.5. The molecule has 0 spiro atoms. The first-order valence-corrected chi connectivity index (χ1v) is 4.81. The monoisotopic (exact) mass is 260 g/mol. The molecule has 16 heavy (non-hydrogen) atoms. The molecule has 0 heterocycles. The van der Waals surface area contributed by atoms with Crippen LogP contribution in [0.4, 0.5) is 0 Å². The first kappa shape index (κ1) is 12.5. The third kappa shape index (κ3) is 2.74. The van der Waals surface area contributed by atoms with Crippen LogP contribution in [0.5, 0.6) is 0 Å². The second-order valence-electron chi connectivity index (χ2n) is 2.80. The molecule has 0 radical (unpaired) electrons. The van der Waals surface area contributed by atoms with Crippen molar-refractivity contribution in [2.45, 2.75) is 0 Å². The first-order valence-electron chi connectivity index (χ1n) is 4.05. The van der Waals surface area contributed by atoms with Crippen LogP contribution < -0.4 is 0 Å². The molecule has 4 nitrogen and oxygen atoms in total. The minimum Gasteiger partial charge on any atom is -0.506 e. The van der Waals surface area contributed by atoms with E-state index in [1.54, 1.807) is 0 Å². The zero-order valence-electron chi connectivity index (χ0n) is 7.78. The van der Waals surface area contributed by atoms with Crippen LogP contribution in [0.1, 0.15) is 5.56 Å². The highest BCUT2D eigenvalue weighted by Crippen LogP contribution is 2.21. The zero-order valence-corrected chi connectivity index (χ0v) is 9.29. The van der Waals surface area contributed by atoms with Crippen LogP contribution in [0.25, 0.3) is 5.76 Å². The average molecular weight is 261 g/mol. The molecule has 1 aromatic rings. The molecule has 0 fully saturated rings. The fourth-order valence-corrected chi connectivity index (χ4v) is 1.25. The molecule has 0 aliphatic carbocycles. The normalized spacial score (nSPS) is 11.9. The second-order valence-corrected chi connectivity index (χ2v) is 3.62. The lowest BCUT2D eigenvalue weighted by Gasteiger charge is -2.02. The molecular weight excluding hydrogens is 255 g/mol. The van der Waals surface area contributed by atoms with Crippen LogP contribution in [0, 0.1) is 0 Å². The fraction of sp³-hybridized carbons (Fsp3) is 0. The summed E-state index contributed by atoms with van der Waals surface area (Å²) in [5.74, 6) is -3.69. The van der Waals surface area contributed by atoms with Gasteiger partial charge in [-0.25, -0.2) is 4.79 Å².